The van der Waals surface area contributed by atoms with Crippen LogP contribution < -0.4 is 5.32 Å². The molecule has 2 atom stereocenters. The summed E-state index contributed by atoms with van der Waals surface area (Å²) < 4.78 is 0. The molecule has 1 aromatic rings. The molecular weight excluding hydrogens is 250 g/mol. The van der Waals surface area contributed by atoms with Crippen molar-refractivity contribution >= 4 is 11.8 Å². The van der Waals surface area contributed by atoms with Crippen LogP contribution in [0.5, 0.6) is 0 Å². The first-order chi connectivity index (χ1) is 9.29. The smallest absolute Gasteiger partial charge is 0.0248 e. The van der Waals surface area contributed by atoms with Crippen molar-refractivity contribution in [2.75, 3.05) is 6.54 Å². The molecule has 0 spiro atoms. The number of hydrogen-bond acceptors (Lipinski definition) is 2. The molecule has 19 heavy (non-hydrogen) atoms. The molecule has 106 valence electrons. The predicted molar refractivity (Wildman–Crippen MR) is 86.0 cm³/mol. The van der Waals surface area contributed by atoms with Gasteiger partial charge in [0.2, 0.25) is 0 Å². The van der Waals surface area contributed by atoms with Gasteiger partial charge in [-0.2, -0.15) is 0 Å². The summed E-state index contributed by atoms with van der Waals surface area (Å²) in [6.45, 7) is 5.58. The number of benzene rings is 1. The first kappa shape index (κ1) is 14.9. The van der Waals surface area contributed by atoms with Crippen molar-refractivity contribution in [3.8, 4) is 0 Å². The summed E-state index contributed by atoms with van der Waals surface area (Å²) in [5.74, 6) is 0. The molecule has 2 unspecified atom stereocenters. The van der Waals surface area contributed by atoms with Crippen molar-refractivity contribution in [2.24, 2.45) is 0 Å². The summed E-state index contributed by atoms with van der Waals surface area (Å²) in [5.41, 5.74) is 1.35. The van der Waals surface area contributed by atoms with Crippen LogP contribution in [0.15, 0.2) is 29.2 Å². The van der Waals surface area contributed by atoms with Crippen LogP contribution in [-0.2, 0) is 0 Å². The van der Waals surface area contributed by atoms with E-state index in [2.05, 4.69) is 55.2 Å². The maximum atomic E-state index is 3.77. The SMILES string of the molecule is CCCNC1CCCCCC1Sc1ccc(C)cc1. The molecule has 0 radical (unpaired) electrons. The van der Waals surface area contributed by atoms with Crippen LogP contribution >= 0.6 is 11.8 Å². The van der Waals surface area contributed by atoms with E-state index in [1.165, 1.54) is 49.0 Å². The highest BCUT2D eigenvalue weighted by atomic mass is 32.2. The van der Waals surface area contributed by atoms with Gasteiger partial charge in [0.05, 0.1) is 0 Å². The highest BCUT2D eigenvalue weighted by Gasteiger charge is 2.23. The number of hydrogen-bond donors (Lipinski definition) is 1. The number of thioether (sulfide) groups is 1. The van der Waals surface area contributed by atoms with Gasteiger partial charge in [0.25, 0.3) is 0 Å². The summed E-state index contributed by atoms with van der Waals surface area (Å²) in [6.07, 6.45) is 8.15. The van der Waals surface area contributed by atoms with Crippen LogP contribution in [0.4, 0.5) is 0 Å². The Morgan fingerprint density at radius 2 is 1.84 bits per heavy atom. The Morgan fingerprint density at radius 3 is 2.58 bits per heavy atom. The average molecular weight is 277 g/mol. The lowest BCUT2D eigenvalue weighted by molar-refractivity contribution is 0.470. The summed E-state index contributed by atoms with van der Waals surface area (Å²) in [4.78, 5) is 1.43. The van der Waals surface area contributed by atoms with Crippen molar-refractivity contribution in [3.05, 3.63) is 29.8 Å². The fourth-order valence-electron chi connectivity index (χ4n) is 2.77. The fourth-order valence-corrected chi connectivity index (χ4v) is 4.09. The Labute approximate surface area is 122 Å². The monoisotopic (exact) mass is 277 g/mol. The van der Waals surface area contributed by atoms with Gasteiger partial charge in [0, 0.05) is 16.2 Å². The molecule has 0 bridgehead atoms. The zero-order valence-corrected chi connectivity index (χ0v) is 13.1. The first-order valence-electron chi connectivity index (χ1n) is 7.76. The fraction of sp³-hybridized carbons (Fsp3) is 0.647. The van der Waals surface area contributed by atoms with E-state index in [1.807, 2.05) is 0 Å². The third-order valence-corrected chi connectivity index (χ3v) is 5.33. The number of rotatable bonds is 5. The van der Waals surface area contributed by atoms with Gasteiger partial charge in [0.1, 0.15) is 0 Å². The molecule has 1 fully saturated rings. The quantitative estimate of drug-likeness (QED) is 0.777. The summed E-state index contributed by atoms with van der Waals surface area (Å²) >= 11 is 2.08. The van der Waals surface area contributed by atoms with Gasteiger partial charge < -0.3 is 5.32 Å². The third kappa shape index (κ3) is 4.85. The van der Waals surface area contributed by atoms with Crippen LogP contribution in [0.2, 0.25) is 0 Å². The molecule has 1 aliphatic rings. The predicted octanol–water partition coefficient (Wildman–Crippen LogP) is 4.79. The van der Waals surface area contributed by atoms with Crippen LogP contribution in [0.1, 0.15) is 51.0 Å². The zero-order chi connectivity index (χ0) is 13.5. The molecular formula is C17H27NS. The first-order valence-corrected chi connectivity index (χ1v) is 8.64. The van der Waals surface area contributed by atoms with E-state index in [0.29, 0.717) is 6.04 Å². The van der Waals surface area contributed by atoms with Crippen LogP contribution in [0, 0.1) is 6.92 Å². The molecule has 0 heterocycles. The van der Waals surface area contributed by atoms with E-state index in [0.717, 1.165) is 11.8 Å². The Bertz CT molecular complexity index is 360. The van der Waals surface area contributed by atoms with Gasteiger partial charge in [-0.05, 0) is 44.9 Å². The Balaban J connectivity index is 1.98. The lowest BCUT2D eigenvalue weighted by atomic mass is 10.1. The lowest BCUT2D eigenvalue weighted by Crippen LogP contribution is -2.37. The van der Waals surface area contributed by atoms with Gasteiger partial charge in [-0.3, -0.25) is 0 Å². The minimum absolute atomic E-state index is 0.703. The molecule has 2 heteroatoms. The standard InChI is InChI=1S/C17H27NS/c1-3-13-18-16-7-5-4-6-8-17(16)19-15-11-9-14(2)10-12-15/h9-12,16-18H,3-8,13H2,1-2H3. The molecule has 1 aliphatic carbocycles. The highest BCUT2D eigenvalue weighted by molar-refractivity contribution is 8.00. The lowest BCUT2D eigenvalue weighted by Gasteiger charge is -2.26. The largest absolute Gasteiger partial charge is 0.313 e. The molecule has 0 saturated heterocycles. The van der Waals surface area contributed by atoms with E-state index in [1.54, 1.807) is 0 Å². The normalized spacial score (nSPS) is 24.1. The van der Waals surface area contributed by atoms with Gasteiger partial charge in [-0.1, -0.05) is 43.9 Å². The highest BCUT2D eigenvalue weighted by Crippen LogP contribution is 2.33. The number of aryl methyl sites for hydroxylation is 1. The maximum Gasteiger partial charge on any atom is 0.0248 e. The van der Waals surface area contributed by atoms with Crippen molar-refractivity contribution in [1.82, 2.24) is 5.32 Å². The Kier molecular flexibility index (Phi) is 6.25. The molecule has 1 nitrogen and oxygen atoms in total. The third-order valence-electron chi connectivity index (χ3n) is 3.92. The molecule has 0 amide bonds. The van der Waals surface area contributed by atoms with Gasteiger partial charge in [0.15, 0.2) is 0 Å². The van der Waals surface area contributed by atoms with E-state index in [-0.39, 0.29) is 0 Å². The van der Waals surface area contributed by atoms with E-state index < -0.39 is 0 Å². The van der Waals surface area contributed by atoms with Gasteiger partial charge in [-0.15, -0.1) is 11.8 Å². The van der Waals surface area contributed by atoms with E-state index >= 15 is 0 Å². The van der Waals surface area contributed by atoms with Crippen molar-refractivity contribution in [1.29, 1.82) is 0 Å². The average Bonchev–Trinajstić information content (AvgIpc) is 2.64. The zero-order valence-electron chi connectivity index (χ0n) is 12.3. The molecule has 1 saturated carbocycles. The molecule has 0 aliphatic heterocycles. The number of nitrogens with one attached hydrogen (secondary N) is 1. The molecule has 1 N–H and O–H groups in total. The second-order valence-corrected chi connectivity index (χ2v) is 6.98. The van der Waals surface area contributed by atoms with Gasteiger partial charge in [-0.25, -0.2) is 0 Å². The van der Waals surface area contributed by atoms with Crippen LogP contribution in [-0.4, -0.2) is 17.8 Å². The topological polar surface area (TPSA) is 12.0 Å². The maximum absolute atomic E-state index is 3.77. The van der Waals surface area contributed by atoms with Crippen molar-refractivity contribution in [3.63, 3.8) is 0 Å². The second-order valence-electron chi connectivity index (χ2n) is 5.67. The van der Waals surface area contributed by atoms with Crippen LogP contribution in [0.3, 0.4) is 0 Å². The van der Waals surface area contributed by atoms with Crippen LogP contribution in [0.25, 0.3) is 0 Å². The van der Waals surface area contributed by atoms with E-state index in [4.69, 9.17) is 0 Å². The van der Waals surface area contributed by atoms with Crippen molar-refractivity contribution in [2.45, 2.75) is 68.6 Å². The molecule has 0 aromatic heterocycles. The molecule has 2 rings (SSSR count). The minimum atomic E-state index is 0.703. The van der Waals surface area contributed by atoms with E-state index in [9.17, 15) is 0 Å². The molecule has 1 aromatic carbocycles. The Hall–Kier alpha value is -0.470. The summed E-state index contributed by atoms with van der Waals surface area (Å²) in [6, 6.07) is 9.72. The summed E-state index contributed by atoms with van der Waals surface area (Å²) in [7, 11) is 0. The minimum Gasteiger partial charge on any atom is -0.313 e. The Morgan fingerprint density at radius 1 is 1.11 bits per heavy atom. The summed E-state index contributed by atoms with van der Waals surface area (Å²) in [5, 5.41) is 4.52. The van der Waals surface area contributed by atoms with Gasteiger partial charge >= 0.3 is 0 Å². The second kappa shape index (κ2) is 7.96. The van der Waals surface area contributed by atoms with Crippen molar-refractivity contribution < 1.29 is 0 Å².